The van der Waals surface area contributed by atoms with Crippen LogP contribution in [-0.4, -0.2) is 6.79 Å². The van der Waals surface area contributed by atoms with E-state index in [4.69, 9.17) is 15.2 Å². The Morgan fingerprint density at radius 1 is 1.06 bits per heavy atom. The molecule has 0 aliphatic rings. The quantitative estimate of drug-likeness (QED) is 0.498. The molecule has 18 heavy (non-hydrogen) atoms. The molecule has 0 aliphatic carbocycles. The van der Waals surface area contributed by atoms with Crippen molar-refractivity contribution in [3.05, 3.63) is 59.7 Å². The molecule has 0 bridgehead atoms. The lowest BCUT2D eigenvalue weighted by molar-refractivity contribution is 0.00469. The van der Waals surface area contributed by atoms with E-state index in [1.165, 1.54) is 0 Å². The minimum atomic E-state index is 0.236. The number of aryl methyl sites for hydroxylation is 1. The van der Waals surface area contributed by atoms with E-state index in [0.29, 0.717) is 6.61 Å². The Labute approximate surface area is 107 Å². The number of benzene rings is 2. The lowest BCUT2D eigenvalue weighted by Crippen LogP contribution is -2.04. The van der Waals surface area contributed by atoms with Crippen LogP contribution in [-0.2, 0) is 11.3 Å². The van der Waals surface area contributed by atoms with Gasteiger partial charge >= 0.3 is 0 Å². The van der Waals surface area contributed by atoms with Gasteiger partial charge in [-0.3, -0.25) is 0 Å². The summed E-state index contributed by atoms with van der Waals surface area (Å²) in [7, 11) is 0. The van der Waals surface area contributed by atoms with Gasteiger partial charge in [-0.05, 0) is 36.2 Å². The normalized spacial score (nSPS) is 10.3. The van der Waals surface area contributed by atoms with Crippen LogP contribution in [0.1, 0.15) is 11.1 Å². The highest BCUT2D eigenvalue weighted by molar-refractivity contribution is 5.47. The Morgan fingerprint density at radius 3 is 2.56 bits per heavy atom. The van der Waals surface area contributed by atoms with Gasteiger partial charge in [0.25, 0.3) is 0 Å². The lowest BCUT2D eigenvalue weighted by Gasteiger charge is -2.10. The molecule has 94 valence electrons. The molecule has 2 aromatic carbocycles. The third-order valence-electron chi connectivity index (χ3n) is 2.61. The first kappa shape index (κ1) is 12.5. The van der Waals surface area contributed by atoms with Crippen molar-refractivity contribution in [2.45, 2.75) is 13.5 Å². The van der Waals surface area contributed by atoms with E-state index in [1.54, 1.807) is 0 Å². The maximum absolute atomic E-state index is 5.67. The first-order valence-electron chi connectivity index (χ1n) is 5.86. The summed E-state index contributed by atoms with van der Waals surface area (Å²) in [5.74, 6) is 0.803. The topological polar surface area (TPSA) is 44.5 Å². The van der Waals surface area contributed by atoms with E-state index in [2.05, 4.69) is 0 Å². The van der Waals surface area contributed by atoms with Gasteiger partial charge in [0.15, 0.2) is 6.79 Å². The minimum Gasteiger partial charge on any atom is -0.467 e. The van der Waals surface area contributed by atoms with Crippen LogP contribution >= 0.6 is 0 Å². The molecular weight excluding hydrogens is 226 g/mol. The van der Waals surface area contributed by atoms with Crippen molar-refractivity contribution < 1.29 is 9.47 Å². The van der Waals surface area contributed by atoms with Gasteiger partial charge < -0.3 is 15.2 Å². The predicted octanol–water partition coefficient (Wildman–Crippen LogP) is 3.13. The second-order valence-electron chi connectivity index (χ2n) is 4.12. The average molecular weight is 243 g/mol. The Balaban J connectivity index is 1.79. The zero-order chi connectivity index (χ0) is 12.8. The van der Waals surface area contributed by atoms with Crippen molar-refractivity contribution >= 4 is 5.69 Å². The Bertz CT molecular complexity index is 497. The second-order valence-corrected chi connectivity index (χ2v) is 4.12. The summed E-state index contributed by atoms with van der Waals surface area (Å²) in [6, 6.07) is 15.6. The summed E-state index contributed by atoms with van der Waals surface area (Å²) < 4.78 is 11.0. The van der Waals surface area contributed by atoms with Crippen LogP contribution in [0.2, 0.25) is 0 Å². The molecule has 2 rings (SSSR count). The zero-order valence-corrected chi connectivity index (χ0v) is 10.4. The predicted molar refractivity (Wildman–Crippen MR) is 72.3 cm³/mol. The number of anilines is 1. The molecule has 2 N–H and O–H groups in total. The van der Waals surface area contributed by atoms with Crippen molar-refractivity contribution in [2.24, 2.45) is 0 Å². The number of ether oxygens (including phenoxy) is 2. The van der Waals surface area contributed by atoms with Crippen LogP contribution in [0.3, 0.4) is 0 Å². The zero-order valence-electron chi connectivity index (χ0n) is 10.4. The van der Waals surface area contributed by atoms with Gasteiger partial charge in [0, 0.05) is 5.69 Å². The van der Waals surface area contributed by atoms with E-state index < -0.39 is 0 Å². The number of hydrogen-bond donors (Lipinski definition) is 1. The molecule has 0 saturated heterocycles. The smallest absolute Gasteiger partial charge is 0.189 e. The number of hydrogen-bond acceptors (Lipinski definition) is 3. The van der Waals surface area contributed by atoms with E-state index in [9.17, 15) is 0 Å². The van der Waals surface area contributed by atoms with Gasteiger partial charge in [0.1, 0.15) is 5.75 Å². The van der Waals surface area contributed by atoms with Crippen molar-refractivity contribution in [1.29, 1.82) is 0 Å². The molecule has 0 heterocycles. The van der Waals surface area contributed by atoms with Crippen LogP contribution in [0.25, 0.3) is 0 Å². The number of nitrogens with two attached hydrogens (primary N) is 1. The molecule has 0 aromatic heterocycles. The van der Waals surface area contributed by atoms with Crippen LogP contribution in [0.15, 0.2) is 48.5 Å². The summed E-state index contributed by atoms with van der Waals surface area (Å²) in [4.78, 5) is 0. The maximum atomic E-state index is 5.67. The van der Waals surface area contributed by atoms with Gasteiger partial charge in [-0.1, -0.05) is 30.3 Å². The monoisotopic (exact) mass is 243 g/mol. The molecule has 0 unspecified atom stereocenters. The number of nitrogen functional groups attached to an aromatic ring is 1. The molecule has 3 heteroatoms. The SMILES string of the molecule is Cc1cc(N)ccc1OCOCc1ccccc1. The van der Waals surface area contributed by atoms with Crippen LogP contribution in [0, 0.1) is 6.92 Å². The molecule has 0 atom stereocenters. The van der Waals surface area contributed by atoms with Crippen molar-refractivity contribution in [3.8, 4) is 5.75 Å². The molecule has 0 radical (unpaired) electrons. The van der Waals surface area contributed by atoms with Crippen LogP contribution in [0.5, 0.6) is 5.75 Å². The Morgan fingerprint density at radius 2 is 1.83 bits per heavy atom. The molecule has 0 spiro atoms. The summed E-state index contributed by atoms with van der Waals surface area (Å²) in [5, 5.41) is 0. The number of rotatable bonds is 5. The summed E-state index contributed by atoms with van der Waals surface area (Å²) in [6.07, 6.45) is 0. The second kappa shape index (κ2) is 6.07. The third kappa shape index (κ3) is 3.50. The molecular formula is C15H17NO2. The van der Waals surface area contributed by atoms with E-state index >= 15 is 0 Å². The highest BCUT2D eigenvalue weighted by atomic mass is 16.7. The first-order valence-corrected chi connectivity index (χ1v) is 5.86. The summed E-state index contributed by atoms with van der Waals surface area (Å²) >= 11 is 0. The van der Waals surface area contributed by atoms with Gasteiger partial charge in [0.05, 0.1) is 6.61 Å². The molecule has 2 aromatic rings. The van der Waals surface area contributed by atoms with Gasteiger partial charge in [-0.25, -0.2) is 0 Å². The molecule has 0 fully saturated rings. The van der Waals surface area contributed by atoms with E-state index in [1.807, 2.05) is 55.5 Å². The first-order chi connectivity index (χ1) is 8.75. The van der Waals surface area contributed by atoms with Crippen molar-refractivity contribution in [3.63, 3.8) is 0 Å². The molecule has 3 nitrogen and oxygen atoms in total. The Kier molecular flexibility index (Phi) is 4.20. The van der Waals surface area contributed by atoms with Crippen molar-refractivity contribution in [1.82, 2.24) is 0 Å². The fourth-order valence-corrected chi connectivity index (χ4v) is 1.67. The van der Waals surface area contributed by atoms with Gasteiger partial charge in [0.2, 0.25) is 0 Å². The maximum Gasteiger partial charge on any atom is 0.189 e. The fourth-order valence-electron chi connectivity index (χ4n) is 1.67. The molecule has 0 amide bonds. The minimum absolute atomic E-state index is 0.236. The molecule has 0 saturated carbocycles. The largest absolute Gasteiger partial charge is 0.467 e. The van der Waals surface area contributed by atoms with Crippen molar-refractivity contribution in [2.75, 3.05) is 12.5 Å². The summed E-state index contributed by atoms with van der Waals surface area (Å²) in [6.45, 7) is 2.75. The molecule has 0 aliphatic heterocycles. The highest BCUT2D eigenvalue weighted by Crippen LogP contribution is 2.20. The lowest BCUT2D eigenvalue weighted by atomic mass is 10.2. The highest BCUT2D eigenvalue weighted by Gasteiger charge is 1.99. The van der Waals surface area contributed by atoms with Gasteiger partial charge in [-0.15, -0.1) is 0 Å². The van der Waals surface area contributed by atoms with Crippen LogP contribution in [0.4, 0.5) is 5.69 Å². The third-order valence-corrected chi connectivity index (χ3v) is 2.61. The summed E-state index contributed by atoms with van der Waals surface area (Å²) in [5.41, 5.74) is 8.56. The van der Waals surface area contributed by atoms with E-state index in [-0.39, 0.29) is 6.79 Å². The standard InChI is InChI=1S/C15H17NO2/c1-12-9-14(16)7-8-15(12)18-11-17-10-13-5-3-2-4-6-13/h2-9H,10-11,16H2,1H3. The fraction of sp³-hybridized carbons (Fsp3) is 0.200. The van der Waals surface area contributed by atoms with Crippen LogP contribution < -0.4 is 10.5 Å². The van der Waals surface area contributed by atoms with E-state index in [0.717, 1.165) is 22.6 Å². The Hall–Kier alpha value is -2.00. The van der Waals surface area contributed by atoms with Gasteiger partial charge in [-0.2, -0.15) is 0 Å². The average Bonchev–Trinajstić information content (AvgIpc) is 2.38.